The van der Waals surface area contributed by atoms with Crippen molar-refractivity contribution < 1.29 is 14.0 Å². The maximum Gasteiger partial charge on any atom is 0.243 e. The lowest BCUT2D eigenvalue weighted by Gasteiger charge is -2.33. The van der Waals surface area contributed by atoms with Gasteiger partial charge >= 0.3 is 0 Å². The Hall–Kier alpha value is -2.25. The van der Waals surface area contributed by atoms with Crippen LogP contribution in [0.3, 0.4) is 0 Å². The second kappa shape index (κ2) is 15.1. The van der Waals surface area contributed by atoms with Crippen molar-refractivity contribution in [2.45, 2.75) is 62.9 Å². The molecule has 0 unspecified atom stereocenters. The highest BCUT2D eigenvalue weighted by Gasteiger charge is 2.32. The number of carbonyl (C=O) groups excluding carboxylic acids is 2. The van der Waals surface area contributed by atoms with Gasteiger partial charge in [-0.2, -0.15) is 0 Å². The second-order valence-electron chi connectivity index (χ2n) is 10.0. The summed E-state index contributed by atoms with van der Waals surface area (Å²) in [5.74, 6) is -0.535. The van der Waals surface area contributed by atoms with E-state index < -0.39 is 11.9 Å². The maximum atomic E-state index is 14.3. The van der Waals surface area contributed by atoms with Gasteiger partial charge in [0.25, 0.3) is 0 Å². The van der Waals surface area contributed by atoms with Crippen molar-refractivity contribution >= 4 is 58.4 Å². The van der Waals surface area contributed by atoms with Crippen LogP contribution < -0.4 is 5.32 Å². The lowest BCUT2D eigenvalue weighted by Crippen LogP contribution is -2.53. The Kier molecular flexibility index (Phi) is 11.6. The molecule has 0 heterocycles. The molecular formula is C31H32Cl3FN2O2S. The van der Waals surface area contributed by atoms with Gasteiger partial charge in [-0.15, -0.1) is 11.8 Å². The summed E-state index contributed by atoms with van der Waals surface area (Å²) < 4.78 is 14.3. The number of benzene rings is 3. The highest BCUT2D eigenvalue weighted by Crippen LogP contribution is 2.27. The number of hydrogen-bond acceptors (Lipinski definition) is 3. The SMILES string of the molecule is O=C(NC1CCCCC1)[C@@H](Cc1ccccc1)N(Cc1ccc(Cl)c(Cl)c1)C(=O)CSCc1c(F)cccc1Cl. The zero-order valence-electron chi connectivity index (χ0n) is 22.1. The van der Waals surface area contributed by atoms with Gasteiger partial charge in [0.15, 0.2) is 0 Å². The highest BCUT2D eigenvalue weighted by atomic mass is 35.5. The molecule has 1 saturated carbocycles. The van der Waals surface area contributed by atoms with E-state index in [0.717, 1.165) is 36.8 Å². The van der Waals surface area contributed by atoms with Gasteiger partial charge in [0.1, 0.15) is 11.9 Å². The molecule has 1 aliphatic rings. The van der Waals surface area contributed by atoms with Crippen molar-refractivity contribution in [3.05, 3.63) is 104 Å². The van der Waals surface area contributed by atoms with E-state index in [0.29, 0.717) is 27.1 Å². The number of thioether (sulfide) groups is 1. The third kappa shape index (κ3) is 8.62. The number of nitrogens with one attached hydrogen (secondary N) is 1. The average Bonchev–Trinajstić information content (AvgIpc) is 2.95. The van der Waals surface area contributed by atoms with Crippen molar-refractivity contribution in [1.82, 2.24) is 10.2 Å². The molecule has 212 valence electrons. The molecule has 0 radical (unpaired) electrons. The zero-order chi connectivity index (χ0) is 28.5. The van der Waals surface area contributed by atoms with Gasteiger partial charge in [-0.1, -0.05) is 96.5 Å². The van der Waals surface area contributed by atoms with Crippen LogP contribution in [0.2, 0.25) is 15.1 Å². The smallest absolute Gasteiger partial charge is 0.243 e. The summed E-state index contributed by atoms with van der Waals surface area (Å²) in [5, 5.41) is 4.33. The van der Waals surface area contributed by atoms with Gasteiger partial charge in [-0.3, -0.25) is 9.59 Å². The van der Waals surface area contributed by atoms with E-state index in [1.165, 1.54) is 24.2 Å². The van der Waals surface area contributed by atoms with Crippen molar-refractivity contribution in [3.63, 3.8) is 0 Å². The summed E-state index contributed by atoms with van der Waals surface area (Å²) in [5.41, 5.74) is 2.06. The Balaban J connectivity index is 1.60. The summed E-state index contributed by atoms with van der Waals surface area (Å²) >= 11 is 19.9. The Morgan fingerprint density at radius 3 is 2.35 bits per heavy atom. The summed E-state index contributed by atoms with van der Waals surface area (Å²) in [6.07, 6.45) is 5.56. The zero-order valence-corrected chi connectivity index (χ0v) is 25.1. The van der Waals surface area contributed by atoms with Gasteiger partial charge in [0, 0.05) is 35.3 Å². The number of nitrogens with zero attached hydrogens (tertiary/aromatic N) is 1. The summed E-state index contributed by atoms with van der Waals surface area (Å²) in [6, 6.07) is 18.8. The number of halogens is 4. The van der Waals surface area contributed by atoms with Crippen molar-refractivity contribution in [1.29, 1.82) is 0 Å². The predicted molar refractivity (Wildman–Crippen MR) is 164 cm³/mol. The van der Waals surface area contributed by atoms with Crippen LogP contribution in [-0.2, 0) is 28.3 Å². The van der Waals surface area contributed by atoms with Crippen LogP contribution in [0.25, 0.3) is 0 Å². The lowest BCUT2D eigenvalue weighted by atomic mass is 9.94. The molecule has 1 fully saturated rings. The molecule has 0 bridgehead atoms. The van der Waals surface area contributed by atoms with Crippen LogP contribution in [0.15, 0.2) is 66.7 Å². The summed E-state index contributed by atoms with van der Waals surface area (Å²) in [7, 11) is 0. The Bertz CT molecular complexity index is 1280. The molecule has 1 N–H and O–H groups in total. The largest absolute Gasteiger partial charge is 0.352 e. The summed E-state index contributed by atoms with van der Waals surface area (Å²) in [4.78, 5) is 29.3. The molecule has 0 spiro atoms. The molecule has 9 heteroatoms. The van der Waals surface area contributed by atoms with Crippen LogP contribution in [-0.4, -0.2) is 34.6 Å². The number of carbonyl (C=O) groups is 2. The molecule has 2 amide bonds. The molecular weight excluding hydrogens is 590 g/mol. The van der Waals surface area contributed by atoms with Gasteiger partial charge in [0.05, 0.1) is 15.8 Å². The van der Waals surface area contributed by atoms with Crippen molar-refractivity contribution in [2.24, 2.45) is 0 Å². The molecule has 4 rings (SSSR count). The first-order valence-electron chi connectivity index (χ1n) is 13.4. The monoisotopic (exact) mass is 620 g/mol. The Labute approximate surface area is 254 Å². The molecule has 0 saturated heterocycles. The van der Waals surface area contributed by atoms with Crippen molar-refractivity contribution in [3.8, 4) is 0 Å². The Morgan fingerprint density at radius 1 is 0.900 bits per heavy atom. The Morgan fingerprint density at radius 2 is 1.65 bits per heavy atom. The molecule has 1 aliphatic carbocycles. The molecule has 3 aromatic rings. The first-order chi connectivity index (χ1) is 19.3. The average molecular weight is 622 g/mol. The van der Waals surface area contributed by atoms with Gasteiger partial charge in [0.2, 0.25) is 11.8 Å². The predicted octanol–water partition coefficient (Wildman–Crippen LogP) is 8.11. The van der Waals surface area contributed by atoms with E-state index in [9.17, 15) is 14.0 Å². The molecule has 3 aromatic carbocycles. The van der Waals surface area contributed by atoms with Crippen LogP contribution >= 0.6 is 46.6 Å². The molecule has 1 atom stereocenters. The second-order valence-corrected chi connectivity index (χ2v) is 12.2. The van der Waals surface area contributed by atoms with Gasteiger partial charge in [-0.05, 0) is 48.2 Å². The van der Waals surface area contributed by atoms with E-state index in [2.05, 4.69) is 5.32 Å². The third-order valence-corrected chi connectivity index (χ3v) is 9.13. The molecule has 0 aromatic heterocycles. The summed E-state index contributed by atoms with van der Waals surface area (Å²) in [6.45, 7) is 0.173. The lowest BCUT2D eigenvalue weighted by molar-refractivity contribution is -0.139. The molecule has 0 aliphatic heterocycles. The fourth-order valence-electron chi connectivity index (χ4n) is 4.93. The van der Waals surface area contributed by atoms with E-state index in [1.54, 1.807) is 35.2 Å². The normalized spacial score (nSPS) is 14.5. The van der Waals surface area contributed by atoms with Crippen LogP contribution in [0, 0.1) is 5.82 Å². The van der Waals surface area contributed by atoms with Gasteiger partial charge < -0.3 is 10.2 Å². The first kappa shape index (κ1) is 30.7. The fourth-order valence-corrected chi connectivity index (χ4v) is 6.50. The number of hydrogen-bond donors (Lipinski definition) is 1. The minimum absolute atomic E-state index is 0.0496. The topological polar surface area (TPSA) is 49.4 Å². The van der Waals surface area contributed by atoms with Crippen LogP contribution in [0.1, 0.15) is 48.8 Å². The molecule has 40 heavy (non-hydrogen) atoms. The number of rotatable bonds is 11. The number of amides is 2. The minimum Gasteiger partial charge on any atom is -0.352 e. The fraction of sp³-hybridized carbons (Fsp3) is 0.355. The van der Waals surface area contributed by atoms with Crippen LogP contribution in [0.4, 0.5) is 4.39 Å². The van der Waals surface area contributed by atoms with Gasteiger partial charge in [-0.25, -0.2) is 4.39 Å². The van der Waals surface area contributed by atoms with E-state index >= 15 is 0 Å². The first-order valence-corrected chi connectivity index (χ1v) is 15.7. The minimum atomic E-state index is -0.746. The van der Waals surface area contributed by atoms with Crippen LogP contribution in [0.5, 0.6) is 0 Å². The van der Waals surface area contributed by atoms with E-state index in [4.69, 9.17) is 34.8 Å². The van der Waals surface area contributed by atoms with E-state index in [-0.39, 0.29) is 35.9 Å². The molecule has 4 nitrogen and oxygen atoms in total. The third-order valence-electron chi connectivity index (χ3n) is 7.09. The quantitative estimate of drug-likeness (QED) is 0.235. The standard InChI is InChI=1S/C31H32Cl3FN2O2S/c32-25-12-7-13-28(35)24(25)19-40-20-30(38)37(18-22-14-15-26(33)27(34)16-22)29(17-21-8-3-1-4-9-21)31(39)36-23-10-5-2-6-11-23/h1,3-4,7-9,12-16,23,29H,2,5-6,10-11,17-20H2,(H,36,39)/t29-/m1/s1. The van der Waals surface area contributed by atoms with Crippen molar-refractivity contribution in [2.75, 3.05) is 5.75 Å². The van der Waals surface area contributed by atoms with E-state index in [1.807, 2.05) is 30.3 Å². The maximum absolute atomic E-state index is 14.3. The highest BCUT2D eigenvalue weighted by molar-refractivity contribution is 7.99.